The Balaban J connectivity index is 1.79. The molecule has 0 spiro atoms. The van der Waals surface area contributed by atoms with Gasteiger partial charge in [-0.25, -0.2) is 16.8 Å². The summed E-state index contributed by atoms with van der Waals surface area (Å²) in [6.45, 7) is 7.77. The maximum Gasteiger partial charge on any atom is 0.416 e. The Morgan fingerprint density at radius 3 is 1.94 bits per heavy atom. The predicted molar refractivity (Wildman–Crippen MR) is 133 cm³/mol. The number of rotatable bonds is 5. The van der Waals surface area contributed by atoms with Gasteiger partial charge in [-0.3, -0.25) is 4.79 Å². The first kappa shape index (κ1) is 28.6. The normalized spacial score (nSPS) is 16.1. The molecule has 0 saturated carbocycles. The highest BCUT2D eigenvalue weighted by Gasteiger charge is 2.49. The number of nitrogens with zero attached hydrogens (tertiary/aromatic N) is 1. The van der Waals surface area contributed by atoms with E-state index in [1.165, 1.54) is 36.9 Å². The molecule has 0 aliphatic carbocycles. The topological polar surface area (TPSA) is 88.6 Å². The summed E-state index contributed by atoms with van der Waals surface area (Å²) in [6, 6.07) is 7.77. The molecule has 0 unspecified atom stereocenters. The monoisotopic (exact) mass is 609 g/mol. The minimum Gasteiger partial charge on any atom is -0.338 e. The number of halogens is 4. The lowest BCUT2D eigenvalue weighted by atomic mass is 9.87. The van der Waals surface area contributed by atoms with Gasteiger partial charge in [0.05, 0.1) is 30.4 Å². The van der Waals surface area contributed by atoms with Gasteiger partial charge in [0, 0.05) is 23.5 Å². The van der Waals surface area contributed by atoms with Crippen molar-refractivity contribution in [2.24, 2.45) is 5.92 Å². The van der Waals surface area contributed by atoms with E-state index in [1.807, 2.05) is 0 Å². The van der Waals surface area contributed by atoms with Gasteiger partial charge in [-0.2, -0.15) is 13.2 Å². The molecule has 1 amide bonds. The van der Waals surface area contributed by atoms with Crippen molar-refractivity contribution in [1.82, 2.24) is 4.90 Å². The van der Waals surface area contributed by atoms with Crippen molar-refractivity contribution in [3.63, 3.8) is 0 Å². The maximum atomic E-state index is 13.2. The Bertz CT molecular complexity index is 1410. The molecule has 1 heterocycles. The zero-order valence-corrected chi connectivity index (χ0v) is 23.6. The van der Waals surface area contributed by atoms with Crippen molar-refractivity contribution >= 4 is 41.5 Å². The number of hydrogen-bond donors (Lipinski definition) is 0. The first-order chi connectivity index (χ1) is 16.2. The molecule has 0 radical (unpaired) electrons. The number of hydrogen-bond acceptors (Lipinski definition) is 5. The second kappa shape index (κ2) is 9.13. The predicted octanol–water partition coefficient (Wildman–Crippen LogP) is 5.36. The van der Waals surface area contributed by atoms with Crippen molar-refractivity contribution < 1.29 is 34.8 Å². The molecule has 12 heteroatoms. The molecule has 1 aliphatic rings. The van der Waals surface area contributed by atoms with Crippen LogP contribution in [0.5, 0.6) is 0 Å². The molecule has 0 atom stereocenters. The van der Waals surface area contributed by atoms with Crippen molar-refractivity contribution in [2.45, 2.75) is 60.1 Å². The molecule has 1 saturated heterocycles. The number of amides is 1. The van der Waals surface area contributed by atoms with Crippen LogP contribution in [-0.4, -0.2) is 50.2 Å². The first-order valence-electron chi connectivity index (χ1n) is 11.0. The number of carbonyl (C=O) groups is 1. The zero-order chi connectivity index (χ0) is 27.5. The molecular formula is C24H27BrF3NO5S2. The molecule has 1 fully saturated rings. The summed E-state index contributed by atoms with van der Waals surface area (Å²) in [4.78, 5) is 14.1. The number of sulfone groups is 2. The zero-order valence-electron chi connectivity index (χ0n) is 20.3. The number of alkyl halides is 3. The highest BCUT2D eigenvalue weighted by atomic mass is 79.9. The first-order valence-corrected chi connectivity index (χ1v) is 14.7. The lowest BCUT2D eigenvalue weighted by Crippen LogP contribution is -2.59. The van der Waals surface area contributed by atoms with E-state index in [9.17, 15) is 34.8 Å². The standard InChI is InChI=1S/C24H27BrF3NO5S2/c1-22(2,3)35(31,32)18-9-10-19(20(25)12-18)21(30)29-13-16(14-29)23(4,5)36(33,34)17-8-6-7-15(11-17)24(26,27)28/h6-12,16H,13-14H2,1-5H3. The second-order valence-electron chi connectivity index (χ2n) is 10.3. The van der Waals surface area contributed by atoms with E-state index >= 15 is 0 Å². The Kier molecular flexibility index (Phi) is 7.26. The second-order valence-corrected chi connectivity index (χ2v) is 16.4. The van der Waals surface area contributed by atoms with Gasteiger partial charge in [0.1, 0.15) is 0 Å². The van der Waals surface area contributed by atoms with E-state index in [2.05, 4.69) is 15.9 Å². The van der Waals surface area contributed by atoms with Crippen LogP contribution in [0.3, 0.4) is 0 Å². The Morgan fingerprint density at radius 2 is 1.44 bits per heavy atom. The van der Waals surface area contributed by atoms with Gasteiger partial charge in [-0.1, -0.05) is 6.07 Å². The van der Waals surface area contributed by atoms with Gasteiger partial charge < -0.3 is 4.90 Å². The van der Waals surface area contributed by atoms with Crippen LogP contribution in [-0.2, 0) is 25.9 Å². The summed E-state index contributed by atoms with van der Waals surface area (Å²) < 4.78 is 89.0. The number of carbonyl (C=O) groups excluding carboxylic acids is 1. The third kappa shape index (κ3) is 4.96. The smallest absolute Gasteiger partial charge is 0.338 e. The van der Waals surface area contributed by atoms with Crippen LogP contribution in [0, 0.1) is 5.92 Å². The van der Waals surface area contributed by atoms with Crippen molar-refractivity contribution in [3.05, 3.63) is 58.1 Å². The molecule has 3 rings (SSSR count). The van der Waals surface area contributed by atoms with Crippen LogP contribution in [0.15, 0.2) is 56.7 Å². The summed E-state index contributed by atoms with van der Waals surface area (Å²) in [5, 5.41) is 0. The Hall–Kier alpha value is -1.92. The fourth-order valence-corrected chi connectivity index (χ4v) is 7.47. The SMILES string of the molecule is CC(C)(C)S(=O)(=O)c1ccc(C(=O)N2CC(C(C)(C)S(=O)(=O)c3cccc(C(F)(F)F)c3)C2)c(Br)c1. The summed E-state index contributed by atoms with van der Waals surface area (Å²) in [5.41, 5.74) is -0.827. The third-order valence-electron chi connectivity index (χ3n) is 6.60. The van der Waals surface area contributed by atoms with Crippen LogP contribution in [0.1, 0.15) is 50.5 Å². The van der Waals surface area contributed by atoms with E-state index in [1.54, 1.807) is 20.8 Å². The van der Waals surface area contributed by atoms with Crippen LogP contribution in [0.2, 0.25) is 0 Å². The van der Waals surface area contributed by atoms with Gasteiger partial charge >= 0.3 is 6.18 Å². The van der Waals surface area contributed by atoms with Crippen LogP contribution in [0.25, 0.3) is 0 Å². The quantitative estimate of drug-likeness (QED) is 0.455. The average molecular weight is 611 g/mol. The van der Waals surface area contributed by atoms with Crippen molar-refractivity contribution in [1.29, 1.82) is 0 Å². The molecule has 0 aromatic heterocycles. The van der Waals surface area contributed by atoms with Gasteiger partial charge in [0.2, 0.25) is 0 Å². The Labute approximate surface area is 217 Å². The summed E-state index contributed by atoms with van der Waals surface area (Å²) in [6.07, 6.45) is -4.68. The van der Waals surface area contributed by atoms with Crippen LogP contribution in [0.4, 0.5) is 13.2 Å². The molecule has 6 nitrogen and oxygen atoms in total. The number of benzene rings is 2. The highest BCUT2D eigenvalue weighted by molar-refractivity contribution is 9.10. The van der Waals surface area contributed by atoms with Gasteiger partial charge in [-0.15, -0.1) is 0 Å². The van der Waals surface area contributed by atoms with Gasteiger partial charge in [-0.05, 0) is 86.9 Å². The largest absolute Gasteiger partial charge is 0.416 e. The van der Waals surface area contributed by atoms with Crippen LogP contribution < -0.4 is 0 Å². The molecule has 2 aromatic rings. The van der Waals surface area contributed by atoms with E-state index in [-0.39, 0.29) is 28.0 Å². The minimum atomic E-state index is -4.68. The Morgan fingerprint density at radius 1 is 0.889 bits per heavy atom. The van der Waals surface area contributed by atoms with Crippen LogP contribution >= 0.6 is 15.9 Å². The van der Waals surface area contributed by atoms with E-state index in [0.717, 1.165) is 18.2 Å². The molecule has 0 bridgehead atoms. The molecule has 36 heavy (non-hydrogen) atoms. The molecule has 1 aliphatic heterocycles. The lowest BCUT2D eigenvalue weighted by molar-refractivity contribution is -0.137. The summed E-state index contributed by atoms with van der Waals surface area (Å²) in [5.74, 6) is -0.926. The molecule has 2 aromatic carbocycles. The minimum absolute atomic E-state index is 0.0632. The van der Waals surface area contributed by atoms with Crippen molar-refractivity contribution in [2.75, 3.05) is 13.1 Å². The average Bonchev–Trinajstić information content (AvgIpc) is 2.70. The van der Waals surface area contributed by atoms with E-state index in [0.29, 0.717) is 6.07 Å². The van der Waals surface area contributed by atoms with Crippen molar-refractivity contribution in [3.8, 4) is 0 Å². The summed E-state index contributed by atoms with van der Waals surface area (Å²) >= 11 is 3.27. The fourth-order valence-electron chi connectivity index (χ4n) is 3.81. The lowest BCUT2D eigenvalue weighted by Gasteiger charge is -2.47. The van der Waals surface area contributed by atoms with E-state index < -0.39 is 57.6 Å². The molecule has 198 valence electrons. The fraction of sp³-hybridized carbons (Fsp3) is 0.458. The third-order valence-corrected chi connectivity index (χ3v) is 12.3. The van der Waals surface area contributed by atoms with Gasteiger partial charge in [0.25, 0.3) is 5.91 Å². The molecular weight excluding hydrogens is 583 g/mol. The summed E-state index contributed by atoms with van der Waals surface area (Å²) in [7, 11) is -7.78. The number of likely N-dealkylation sites (tertiary alicyclic amines) is 1. The maximum absolute atomic E-state index is 13.2. The van der Waals surface area contributed by atoms with Gasteiger partial charge in [0.15, 0.2) is 19.7 Å². The molecule has 0 N–H and O–H groups in total. The highest BCUT2D eigenvalue weighted by Crippen LogP contribution is 2.40. The van der Waals surface area contributed by atoms with E-state index in [4.69, 9.17) is 0 Å².